The van der Waals surface area contributed by atoms with Gasteiger partial charge in [0.05, 0.1) is 0 Å². The van der Waals surface area contributed by atoms with Gasteiger partial charge in [0.15, 0.2) is 0 Å². The van der Waals surface area contributed by atoms with Crippen LogP contribution >= 0.6 is 0 Å². The molecule has 0 fully saturated rings. The second-order valence-electron chi connectivity index (χ2n) is 6.82. The van der Waals surface area contributed by atoms with Crippen LogP contribution < -0.4 is 5.32 Å². The molecule has 0 saturated carbocycles. The van der Waals surface area contributed by atoms with E-state index in [-0.39, 0.29) is 0 Å². The van der Waals surface area contributed by atoms with E-state index in [1.54, 1.807) is 0 Å². The van der Waals surface area contributed by atoms with E-state index in [0.717, 1.165) is 11.8 Å². The summed E-state index contributed by atoms with van der Waals surface area (Å²) in [4.78, 5) is 0. The highest BCUT2D eigenvalue weighted by molar-refractivity contribution is 4.76. The summed E-state index contributed by atoms with van der Waals surface area (Å²) in [6.07, 6.45) is 6.55. The third-order valence-corrected chi connectivity index (χ3v) is 5.05. The molecule has 0 aromatic carbocycles. The molecule has 110 valence electrons. The SMILES string of the molecule is CCC(CC)C[C@@H](C)NCCC(C)(C)[C@@H](C)CC. The minimum Gasteiger partial charge on any atom is -0.314 e. The first-order valence-corrected chi connectivity index (χ1v) is 8.10. The molecule has 2 atom stereocenters. The lowest BCUT2D eigenvalue weighted by Crippen LogP contribution is -2.33. The van der Waals surface area contributed by atoms with E-state index in [1.807, 2.05) is 0 Å². The van der Waals surface area contributed by atoms with Crippen LogP contribution in [0.4, 0.5) is 0 Å². The van der Waals surface area contributed by atoms with Crippen molar-refractivity contribution >= 4 is 0 Å². The summed E-state index contributed by atoms with van der Waals surface area (Å²) < 4.78 is 0. The molecule has 1 nitrogen and oxygen atoms in total. The van der Waals surface area contributed by atoms with Gasteiger partial charge in [-0.1, -0.05) is 60.8 Å². The van der Waals surface area contributed by atoms with Crippen molar-refractivity contribution in [1.82, 2.24) is 5.32 Å². The fourth-order valence-corrected chi connectivity index (χ4v) is 2.65. The quantitative estimate of drug-likeness (QED) is 0.562. The van der Waals surface area contributed by atoms with E-state index in [0.29, 0.717) is 11.5 Å². The van der Waals surface area contributed by atoms with Crippen LogP contribution in [0.1, 0.15) is 80.6 Å². The fraction of sp³-hybridized carbons (Fsp3) is 1.00. The Hall–Kier alpha value is -0.0400. The van der Waals surface area contributed by atoms with Crippen molar-refractivity contribution in [2.45, 2.75) is 86.6 Å². The van der Waals surface area contributed by atoms with Crippen molar-refractivity contribution in [3.8, 4) is 0 Å². The van der Waals surface area contributed by atoms with Crippen LogP contribution in [0.25, 0.3) is 0 Å². The molecule has 0 spiro atoms. The molecule has 1 N–H and O–H groups in total. The zero-order valence-corrected chi connectivity index (χ0v) is 14.0. The van der Waals surface area contributed by atoms with E-state index in [4.69, 9.17) is 0 Å². The Morgan fingerprint density at radius 1 is 0.944 bits per heavy atom. The molecule has 0 heterocycles. The van der Waals surface area contributed by atoms with Crippen molar-refractivity contribution in [2.75, 3.05) is 6.54 Å². The molecule has 0 aromatic heterocycles. The minimum absolute atomic E-state index is 0.469. The van der Waals surface area contributed by atoms with Gasteiger partial charge in [0, 0.05) is 6.04 Å². The van der Waals surface area contributed by atoms with Crippen molar-refractivity contribution in [1.29, 1.82) is 0 Å². The molecule has 1 heteroatoms. The minimum atomic E-state index is 0.469. The summed E-state index contributed by atoms with van der Waals surface area (Å²) in [7, 11) is 0. The normalized spacial score (nSPS) is 16.0. The van der Waals surface area contributed by atoms with Crippen LogP contribution in [0.3, 0.4) is 0 Å². The summed E-state index contributed by atoms with van der Waals surface area (Å²) >= 11 is 0. The predicted molar refractivity (Wildman–Crippen MR) is 84.0 cm³/mol. The van der Waals surface area contributed by atoms with E-state index in [2.05, 4.69) is 53.8 Å². The Labute approximate surface area is 116 Å². The first-order valence-electron chi connectivity index (χ1n) is 8.10. The van der Waals surface area contributed by atoms with Gasteiger partial charge >= 0.3 is 0 Å². The van der Waals surface area contributed by atoms with Crippen molar-refractivity contribution in [2.24, 2.45) is 17.3 Å². The predicted octanol–water partition coefficient (Wildman–Crippen LogP) is 5.25. The first kappa shape index (κ1) is 18.0. The lowest BCUT2D eigenvalue weighted by molar-refractivity contribution is 0.200. The number of nitrogens with one attached hydrogen (secondary N) is 1. The summed E-state index contributed by atoms with van der Waals surface area (Å²) in [5.74, 6) is 1.71. The number of hydrogen-bond acceptors (Lipinski definition) is 1. The average molecular weight is 255 g/mol. The third kappa shape index (κ3) is 6.78. The lowest BCUT2D eigenvalue weighted by Gasteiger charge is -2.32. The molecular weight excluding hydrogens is 218 g/mol. The first-order chi connectivity index (χ1) is 8.37. The molecule has 0 aliphatic carbocycles. The number of rotatable bonds is 10. The molecule has 18 heavy (non-hydrogen) atoms. The zero-order valence-electron chi connectivity index (χ0n) is 14.0. The second kappa shape index (κ2) is 8.96. The van der Waals surface area contributed by atoms with Crippen molar-refractivity contribution in [3.63, 3.8) is 0 Å². The Bertz CT molecular complexity index is 194. The highest BCUT2D eigenvalue weighted by atomic mass is 14.9. The maximum atomic E-state index is 3.72. The van der Waals surface area contributed by atoms with Crippen LogP contribution in [0.15, 0.2) is 0 Å². The molecular formula is C17H37N. The van der Waals surface area contributed by atoms with Crippen LogP contribution in [0, 0.1) is 17.3 Å². The fourth-order valence-electron chi connectivity index (χ4n) is 2.65. The van der Waals surface area contributed by atoms with Crippen molar-refractivity contribution in [3.05, 3.63) is 0 Å². The average Bonchev–Trinajstić information content (AvgIpc) is 2.34. The number of hydrogen-bond donors (Lipinski definition) is 1. The van der Waals surface area contributed by atoms with E-state index in [1.165, 1.54) is 38.6 Å². The van der Waals surface area contributed by atoms with Gasteiger partial charge < -0.3 is 5.32 Å². The summed E-state index contributed by atoms with van der Waals surface area (Å²) in [5, 5.41) is 3.72. The Balaban J connectivity index is 3.89. The zero-order chi connectivity index (χ0) is 14.2. The van der Waals surface area contributed by atoms with Crippen LogP contribution in [0.5, 0.6) is 0 Å². The molecule has 0 amide bonds. The lowest BCUT2D eigenvalue weighted by atomic mass is 9.76. The van der Waals surface area contributed by atoms with Crippen LogP contribution in [-0.4, -0.2) is 12.6 Å². The second-order valence-corrected chi connectivity index (χ2v) is 6.82. The van der Waals surface area contributed by atoms with Crippen LogP contribution in [0.2, 0.25) is 0 Å². The molecule has 0 saturated heterocycles. The molecule has 0 aromatic rings. The highest BCUT2D eigenvalue weighted by Crippen LogP contribution is 2.32. The Kier molecular flexibility index (Phi) is 8.94. The van der Waals surface area contributed by atoms with Gasteiger partial charge in [0.1, 0.15) is 0 Å². The van der Waals surface area contributed by atoms with Gasteiger partial charge in [0.2, 0.25) is 0 Å². The molecule has 0 rings (SSSR count). The molecule has 0 bridgehead atoms. The van der Waals surface area contributed by atoms with Crippen LogP contribution in [-0.2, 0) is 0 Å². The van der Waals surface area contributed by atoms with Gasteiger partial charge in [-0.3, -0.25) is 0 Å². The molecule has 0 unspecified atom stereocenters. The Morgan fingerprint density at radius 3 is 1.94 bits per heavy atom. The van der Waals surface area contributed by atoms with E-state index in [9.17, 15) is 0 Å². The van der Waals surface area contributed by atoms with Gasteiger partial charge in [-0.15, -0.1) is 0 Å². The third-order valence-electron chi connectivity index (χ3n) is 5.05. The van der Waals surface area contributed by atoms with Gasteiger partial charge in [-0.2, -0.15) is 0 Å². The molecule has 0 radical (unpaired) electrons. The highest BCUT2D eigenvalue weighted by Gasteiger charge is 2.24. The van der Waals surface area contributed by atoms with Gasteiger partial charge in [-0.05, 0) is 43.6 Å². The molecule has 0 aliphatic rings. The van der Waals surface area contributed by atoms with Gasteiger partial charge in [0.25, 0.3) is 0 Å². The summed E-state index contributed by atoms with van der Waals surface area (Å²) in [6.45, 7) is 17.6. The monoisotopic (exact) mass is 255 g/mol. The molecule has 0 aliphatic heterocycles. The standard InChI is InChI=1S/C17H37N/c1-8-14(4)17(6,7)11-12-18-15(5)13-16(9-2)10-3/h14-16,18H,8-13H2,1-7H3/t14-,15+/m0/s1. The Morgan fingerprint density at radius 2 is 1.50 bits per heavy atom. The maximum Gasteiger partial charge on any atom is 0.00413 e. The van der Waals surface area contributed by atoms with Gasteiger partial charge in [-0.25, -0.2) is 0 Å². The summed E-state index contributed by atoms with van der Waals surface area (Å²) in [6, 6.07) is 0.669. The maximum absolute atomic E-state index is 3.72. The van der Waals surface area contributed by atoms with Crippen molar-refractivity contribution < 1.29 is 0 Å². The smallest absolute Gasteiger partial charge is 0.00413 e. The topological polar surface area (TPSA) is 12.0 Å². The van der Waals surface area contributed by atoms with E-state index < -0.39 is 0 Å². The summed E-state index contributed by atoms with van der Waals surface area (Å²) in [5.41, 5.74) is 0.469. The van der Waals surface area contributed by atoms with E-state index >= 15 is 0 Å². The largest absolute Gasteiger partial charge is 0.314 e.